The number of para-hydroxylation sites is 1. The second-order valence-corrected chi connectivity index (χ2v) is 6.48. The number of carbonyl (C=O) groups excluding carboxylic acids is 3. The van der Waals surface area contributed by atoms with Crippen molar-refractivity contribution in [2.75, 3.05) is 51.7 Å². The van der Waals surface area contributed by atoms with Crippen LogP contribution < -0.4 is 10.7 Å². The zero-order chi connectivity index (χ0) is 19.4. The van der Waals surface area contributed by atoms with Crippen molar-refractivity contribution in [3.05, 3.63) is 41.6 Å². The van der Waals surface area contributed by atoms with Crippen LogP contribution in [-0.4, -0.2) is 84.0 Å². The number of hydrazine groups is 1. The third kappa shape index (κ3) is 4.33. The van der Waals surface area contributed by atoms with E-state index in [0.717, 1.165) is 31.1 Å². The van der Waals surface area contributed by atoms with Crippen LogP contribution in [0.2, 0.25) is 0 Å². The fourth-order valence-corrected chi connectivity index (χ4v) is 2.97. The highest BCUT2D eigenvalue weighted by Gasteiger charge is 2.31. The number of imide groups is 1. The summed E-state index contributed by atoms with van der Waals surface area (Å²) in [7, 11) is 2.03. The number of likely N-dealkylation sites (N-methyl/N-ethyl adjacent to an activating group) is 1. The molecule has 0 aromatic heterocycles. The zero-order valence-corrected chi connectivity index (χ0v) is 15.1. The Morgan fingerprint density at radius 2 is 1.85 bits per heavy atom. The number of hydrogen-bond donors (Lipinski definition) is 3. The molecule has 3 amide bonds. The average molecular weight is 373 g/mol. The molecule has 9 heteroatoms. The molecule has 2 heterocycles. The molecule has 3 rings (SSSR count). The fraction of sp³-hybridized carbons (Fsp3) is 0.389. The molecule has 9 nitrogen and oxygen atoms in total. The number of β-amino-alcohol motifs (C(OH)–C–C–N with tert-alkyl or cyclic N) is 1. The molecule has 27 heavy (non-hydrogen) atoms. The highest BCUT2D eigenvalue weighted by Crippen LogP contribution is 2.21. The van der Waals surface area contributed by atoms with Crippen LogP contribution in [0.5, 0.6) is 0 Å². The van der Waals surface area contributed by atoms with Gasteiger partial charge in [-0.1, -0.05) is 12.1 Å². The maximum atomic E-state index is 12.7. The summed E-state index contributed by atoms with van der Waals surface area (Å²) in [6, 6.07) is 6.80. The molecule has 1 aromatic carbocycles. The largest absolute Gasteiger partial charge is 0.395 e. The first-order valence-electron chi connectivity index (χ1n) is 8.78. The molecular formula is C18H23N5O4. The first kappa shape index (κ1) is 19.0. The van der Waals surface area contributed by atoms with E-state index < -0.39 is 11.8 Å². The molecular weight excluding hydrogens is 350 g/mol. The van der Waals surface area contributed by atoms with Gasteiger partial charge in [-0.15, -0.1) is 0 Å². The molecule has 0 aliphatic carbocycles. The summed E-state index contributed by atoms with van der Waals surface area (Å²) < 4.78 is 0. The van der Waals surface area contributed by atoms with Crippen molar-refractivity contribution in [2.24, 2.45) is 0 Å². The van der Waals surface area contributed by atoms with E-state index in [-0.39, 0.29) is 24.8 Å². The van der Waals surface area contributed by atoms with Crippen molar-refractivity contribution in [3.63, 3.8) is 0 Å². The van der Waals surface area contributed by atoms with E-state index in [4.69, 9.17) is 5.11 Å². The van der Waals surface area contributed by atoms with Crippen LogP contribution in [0.15, 0.2) is 36.0 Å². The van der Waals surface area contributed by atoms with Crippen molar-refractivity contribution in [2.45, 2.75) is 0 Å². The summed E-state index contributed by atoms with van der Waals surface area (Å²) in [4.78, 5) is 40.0. The molecule has 0 radical (unpaired) electrons. The van der Waals surface area contributed by atoms with Crippen LogP contribution in [0.3, 0.4) is 0 Å². The highest BCUT2D eigenvalue weighted by atomic mass is 16.3. The summed E-state index contributed by atoms with van der Waals surface area (Å²) >= 11 is 0. The van der Waals surface area contributed by atoms with E-state index in [9.17, 15) is 14.4 Å². The van der Waals surface area contributed by atoms with Gasteiger partial charge in [0.25, 0.3) is 17.7 Å². The van der Waals surface area contributed by atoms with Gasteiger partial charge in [0.15, 0.2) is 0 Å². The number of aliphatic hydroxyl groups is 1. The highest BCUT2D eigenvalue weighted by molar-refractivity contribution is 6.17. The first-order valence-corrected chi connectivity index (χ1v) is 8.78. The Hall–Kier alpha value is -2.75. The first-order chi connectivity index (χ1) is 13.0. The minimum atomic E-state index is -0.525. The van der Waals surface area contributed by atoms with Gasteiger partial charge >= 0.3 is 0 Å². The number of aliphatic hydroxyl groups excluding tert-OH is 1. The van der Waals surface area contributed by atoms with Crippen LogP contribution in [0.1, 0.15) is 10.4 Å². The third-order valence-electron chi connectivity index (χ3n) is 4.54. The topological polar surface area (TPSA) is 105 Å². The van der Waals surface area contributed by atoms with E-state index in [1.165, 1.54) is 6.08 Å². The molecule has 1 saturated heterocycles. The quantitative estimate of drug-likeness (QED) is 0.563. The van der Waals surface area contributed by atoms with Crippen LogP contribution in [0, 0.1) is 0 Å². The van der Waals surface area contributed by atoms with Gasteiger partial charge in [-0.05, 0) is 19.2 Å². The SMILES string of the molecule is CN1CCN(NC(=O)c2ccccc2NC2=CC(=O)N(CCO)C2=O)CC1. The van der Waals surface area contributed by atoms with Gasteiger partial charge < -0.3 is 15.3 Å². The minimum Gasteiger partial charge on any atom is -0.395 e. The lowest BCUT2D eigenvalue weighted by Gasteiger charge is -2.32. The molecule has 1 fully saturated rings. The number of carbonyl (C=O) groups is 3. The summed E-state index contributed by atoms with van der Waals surface area (Å²) in [5.41, 5.74) is 3.77. The molecule has 2 aliphatic rings. The Morgan fingerprint density at radius 3 is 2.56 bits per heavy atom. The summed E-state index contributed by atoms with van der Waals surface area (Å²) in [5.74, 6) is -1.30. The van der Waals surface area contributed by atoms with Gasteiger partial charge in [0.1, 0.15) is 5.70 Å². The summed E-state index contributed by atoms with van der Waals surface area (Å²) in [6.45, 7) is 2.82. The predicted molar refractivity (Wildman–Crippen MR) is 98.5 cm³/mol. The number of amides is 3. The maximum Gasteiger partial charge on any atom is 0.277 e. The van der Waals surface area contributed by atoms with E-state index in [1.54, 1.807) is 24.3 Å². The molecule has 2 aliphatic heterocycles. The predicted octanol–water partition coefficient (Wildman–Crippen LogP) is -0.764. The van der Waals surface area contributed by atoms with Crippen LogP contribution in [-0.2, 0) is 9.59 Å². The number of benzene rings is 1. The lowest BCUT2D eigenvalue weighted by Crippen LogP contribution is -2.52. The van der Waals surface area contributed by atoms with Crippen LogP contribution in [0.4, 0.5) is 5.69 Å². The van der Waals surface area contributed by atoms with Gasteiger partial charge in [0.05, 0.1) is 24.4 Å². The average Bonchev–Trinajstić information content (AvgIpc) is 2.92. The van der Waals surface area contributed by atoms with Gasteiger partial charge in [-0.2, -0.15) is 0 Å². The van der Waals surface area contributed by atoms with Gasteiger partial charge in [-0.25, -0.2) is 5.01 Å². The number of rotatable bonds is 6. The Bertz CT molecular complexity index is 771. The van der Waals surface area contributed by atoms with Crippen molar-refractivity contribution in [1.82, 2.24) is 20.2 Å². The van der Waals surface area contributed by atoms with E-state index in [0.29, 0.717) is 11.3 Å². The summed E-state index contributed by atoms with van der Waals surface area (Å²) in [5, 5.41) is 13.7. The molecule has 0 saturated carbocycles. The monoisotopic (exact) mass is 373 g/mol. The van der Waals surface area contributed by atoms with Gasteiger partial charge in [0, 0.05) is 32.3 Å². The van der Waals surface area contributed by atoms with Crippen molar-refractivity contribution in [1.29, 1.82) is 0 Å². The fourth-order valence-electron chi connectivity index (χ4n) is 2.97. The zero-order valence-electron chi connectivity index (χ0n) is 15.1. The van der Waals surface area contributed by atoms with Gasteiger partial charge in [0.2, 0.25) is 0 Å². The van der Waals surface area contributed by atoms with Gasteiger partial charge in [-0.3, -0.25) is 24.7 Å². The smallest absolute Gasteiger partial charge is 0.277 e. The third-order valence-corrected chi connectivity index (χ3v) is 4.54. The Balaban J connectivity index is 1.71. The standard InChI is InChI=1S/C18H23N5O4/c1-21-6-8-22(9-7-21)20-17(26)13-4-2-3-5-14(13)19-15-12-16(25)23(10-11-24)18(15)27/h2-5,12,19,24H,6-11H2,1H3,(H,20,26). The number of piperazine rings is 1. The second-order valence-electron chi connectivity index (χ2n) is 6.48. The molecule has 144 valence electrons. The molecule has 0 spiro atoms. The minimum absolute atomic E-state index is 0.0646. The van der Waals surface area contributed by atoms with Crippen LogP contribution >= 0.6 is 0 Å². The maximum absolute atomic E-state index is 12.7. The number of nitrogens with one attached hydrogen (secondary N) is 2. The second kappa shape index (κ2) is 8.30. The number of anilines is 1. The van der Waals surface area contributed by atoms with Crippen LogP contribution in [0.25, 0.3) is 0 Å². The van der Waals surface area contributed by atoms with E-state index >= 15 is 0 Å². The van der Waals surface area contributed by atoms with Crippen molar-refractivity contribution < 1.29 is 19.5 Å². The summed E-state index contributed by atoms with van der Waals surface area (Å²) in [6.07, 6.45) is 1.17. The molecule has 0 atom stereocenters. The lowest BCUT2D eigenvalue weighted by molar-refractivity contribution is -0.137. The van der Waals surface area contributed by atoms with E-state index in [1.807, 2.05) is 12.1 Å². The molecule has 0 unspecified atom stereocenters. The van der Waals surface area contributed by atoms with Crippen molar-refractivity contribution >= 4 is 23.4 Å². The normalized spacial score (nSPS) is 18.6. The van der Waals surface area contributed by atoms with E-state index in [2.05, 4.69) is 15.6 Å². The Labute approximate surface area is 157 Å². The lowest BCUT2D eigenvalue weighted by atomic mass is 10.1. The Kier molecular flexibility index (Phi) is 5.84. The molecule has 1 aromatic rings. The Morgan fingerprint density at radius 1 is 1.15 bits per heavy atom. The number of nitrogens with zero attached hydrogens (tertiary/aromatic N) is 3. The van der Waals surface area contributed by atoms with Crippen molar-refractivity contribution in [3.8, 4) is 0 Å². The molecule has 3 N–H and O–H groups in total. The number of hydrogen-bond acceptors (Lipinski definition) is 7. The molecule has 0 bridgehead atoms.